The Labute approximate surface area is 113 Å². The molecule has 0 aromatic carbocycles. The Morgan fingerprint density at radius 2 is 2.17 bits per heavy atom. The predicted molar refractivity (Wildman–Crippen MR) is 75.5 cm³/mol. The van der Waals surface area contributed by atoms with E-state index in [1.165, 1.54) is 11.3 Å². The van der Waals surface area contributed by atoms with Gasteiger partial charge in [-0.3, -0.25) is 4.79 Å². The number of fused-ring (bicyclic) bond motifs is 1. The van der Waals surface area contributed by atoms with E-state index in [0.717, 1.165) is 40.0 Å². The van der Waals surface area contributed by atoms with Crippen molar-refractivity contribution in [2.45, 2.75) is 31.2 Å². The second-order valence-corrected chi connectivity index (χ2v) is 6.89. The van der Waals surface area contributed by atoms with Crippen LogP contribution in [0, 0.1) is 0 Å². The van der Waals surface area contributed by atoms with E-state index in [1.54, 1.807) is 11.3 Å². The Morgan fingerprint density at radius 1 is 1.39 bits per heavy atom. The zero-order valence-corrected chi connectivity index (χ0v) is 11.6. The molecule has 3 nitrogen and oxygen atoms in total. The highest BCUT2D eigenvalue weighted by Gasteiger charge is 2.35. The SMILES string of the molecule is O=C(NC1(CO)CCCC1)c1cc2sccc2s1. The number of rotatable bonds is 3. The first-order chi connectivity index (χ1) is 8.72. The molecule has 5 heteroatoms. The molecule has 0 atom stereocenters. The van der Waals surface area contributed by atoms with Gasteiger partial charge < -0.3 is 10.4 Å². The fourth-order valence-corrected chi connectivity index (χ4v) is 4.56. The smallest absolute Gasteiger partial charge is 0.261 e. The molecule has 1 saturated carbocycles. The van der Waals surface area contributed by atoms with Crippen LogP contribution >= 0.6 is 22.7 Å². The molecule has 1 fully saturated rings. The van der Waals surface area contributed by atoms with E-state index < -0.39 is 0 Å². The molecule has 18 heavy (non-hydrogen) atoms. The van der Waals surface area contributed by atoms with Gasteiger partial charge in [-0.2, -0.15) is 0 Å². The second-order valence-electron chi connectivity index (χ2n) is 4.86. The van der Waals surface area contributed by atoms with Gasteiger partial charge in [-0.05, 0) is 30.4 Å². The van der Waals surface area contributed by atoms with Crippen molar-refractivity contribution in [3.63, 3.8) is 0 Å². The minimum absolute atomic E-state index is 0.0402. The second kappa shape index (κ2) is 4.64. The lowest BCUT2D eigenvalue weighted by molar-refractivity contribution is 0.0843. The Kier molecular flexibility index (Phi) is 3.13. The summed E-state index contributed by atoms with van der Waals surface area (Å²) >= 11 is 3.18. The van der Waals surface area contributed by atoms with Crippen LogP contribution < -0.4 is 5.32 Å². The van der Waals surface area contributed by atoms with Crippen LogP contribution in [0.2, 0.25) is 0 Å². The van der Waals surface area contributed by atoms with Gasteiger partial charge >= 0.3 is 0 Å². The largest absolute Gasteiger partial charge is 0.394 e. The molecule has 1 amide bonds. The highest BCUT2D eigenvalue weighted by molar-refractivity contribution is 7.27. The van der Waals surface area contributed by atoms with Gasteiger partial charge in [0.1, 0.15) is 0 Å². The van der Waals surface area contributed by atoms with Crippen LogP contribution in [-0.4, -0.2) is 23.2 Å². The Bertz CT molecular complexity index is 538. The molecule has 0 unspecified atom stereocenters. The summed E-state index contributed by atoms with van der Waals surface area (Å²) in [5.74, 6) is -0.0423. The molecule has 1 aliphatic rings. The van der Waals surface area contributed by atoms with Gasteiger partial charge in [-0.25, -0.2) is 0 Å². The van der Waals surface area contributed by atoms with E-state index in [-0.39, 0.29) is 18.1 Å². The molecule has 2 aromatic rings. The average Bonchev–Trinajstić information content (AvgIpc) is 3.03. The van der Waals surface area contributed by atoms with Gasteiger partial charge in [0.2, 0.25) is 0 Å². The summed E-state index contributed by atoms with van der Waals surface area (Å²) < 4.78 is 2.32. The number of aliphatic hydroxyl groups is 1. The number of hydrogen-bond acceptors (Lipinski definition) is 4. The maximum atomic E-state index is 12.2. The Hall–Kier alpha value is -0.910. The summed E-state index contributed by atoms with van der Waals surface area (Å²) in [6, 6.07) is 3.98. The van der Waals surface area contributed by atoms with Crippen molar-refractivity contribution in [3.05, 3.63) is 22.4 Å². The number of nitrogens with one attached hydrogen (secondary N) is 1. The van der Waals surface area contributed by atoms with Crippen molar-refractivity contribution in [1.82, 2.24) is 5.32 Å². The molecule has 0 saturated heterocycles. The summed E-state index contributed by atoms with van der Waals surface area (Å²) in [4.78, 5) is 13.0. The zero-order chi connectivity index (χ0) is 12.6. The maximum Gasteiger partial charge on any atom is 0.261 e. The summed E-state index contributed by atoms with van der Waals surface area (Å²) in [6.07, 6.45) is 3.94. The van der Waals surface area contributed by atoms with Crippen molar-refractivity contribution in [3.8, 4) is 0 Å². The normalized spacial score (nSPS) is 18.3. The fraction of sp³-hybridized carbons (Fsp3) is 0.462. The van der Waals surface area contributed by atoms with Gasteiger partial charge in [-0.1, -0.05) is 12.8 Å². The van der Waals surface area contributed by atoms with Crippen LogP contribution in [0.1, 0.15) is 35.4 Å². The minimum atomic E-state index is -0.380. The molecule has 2 aromatic heterocycles. The van der Waals surface area contributed by atoms with Gasteiger partial charge in [0.15, 0.2) is 0 Å². The number of aliphatic hydroxyl groups excluding tert-OH is 1. The van der Waals surface area contributed by atoms with Crippen LogP contribution in [0.25, 0.3) is 9.40 Å². The average molecular weight is 281 g/mol. The predicted octanol–water partition coefficient (Wildman–Crippen LogP) is 3.00. The summed E-state index contributed by atoms with van der Waals surface area (Å²) in [5, 5.41) is 14.6. The van der Waals surface area contributed by atoms with Gasteiger partial charge in [0.25, 0.3) is 5.91 Å². The monoisotopic (exact) mass is 281 g/mol. The summed E-state index contributed by atoms with van der Waals surface area (Å²) in [7, 11) is 0. The molecule has 3 rings (SSSR count). The quantitative estimate of drug-likeness (QED) is 0.908. The first-order valence-corrected chi connectivity index (χ1v) is 7.82. The van der Waals surface area contributed by atoms with E-state index in [9.17, 15) is 9.90 Å². The molecular weight excluding hydrogens is 266 g/mol. The molecule has 0 radical (unpaired) electrons. The lowest BCUT2D eigenvalue weighted by Gasteiger charge is -2.27. The minimum Gasteiger partial charge on any atom is -0.394 e. The van der Waals surface area contributed by atoms with Crippen LogP contribution in [0.5, 0.6) is 0 Å². The maximum absolute atomic E-state index is 12.2. The van der Waals surface area contributed by atoms with E-state index in [1.807, 2.05) is 17.5 Å². The van der Waals surface area contributed by atoms with E-state index in [2.05, 4.69) is 5.32 Å². The molecule has 2 heterocycles. The molecule has 1 aliphatic carbocycles. The van der Waals surface area contributed by atoms with E-state index in [0.29, 0.717) is 0 Å². The molecule has 96 valence electrons. The number of hydrogen-bond donors (Lipinski definition) is 2. The number of amides is 1. The topological polar surface area (TPSA) is 49.3 Å². The third-order valence-electron chi connectivity index (χ3n) is 3.61. The molecule has 0 spiro atoms. The lowest BCUT2D eigenvalue weighted by atomic mass is 9.99. The summed E-state index contributed by atoms with van der Waals surface area (Å²) in [5.41, 5.74) is -0.380. The molecular formula is C13H15NO2S2. The van der Waals surface area contributed by atoms with Gasteiger partial charge in [0, 0.05) is 9.40 Å². The van der Waals surface area contributed by atoms with E-state index in [4.69, 9.17) is 0 Å². The van der Waals surface area contributed by atoms with Crippen LogP contribution in [0.4, 0.5) is 0 Å². The first-order valence-electron chi connectivity index (χ1n) is 6.13. The first kappa shape index (κ1) is 12.1. The van der Waals surface area contributed by atoms with Crippen molar-refractivity contribution in [2.24, 2.45) is 0 Å². The van der Waals surface area contributed by atoms with Crippen LogP contribution in [0.3, 0.4) is 0 Å². The Balaban J connectivity index is 1.80. The fourth-order valence-electron chi connectivity index (χ4n) is 2.55. The van der Waals surface area contributed by atoms with Crippen molar-refractivity contribution >= 4 is 38.0 Å². The molecule has 2 N–H and O–H groups in total. The molecule has 0 bridgehead atoms. The lowest BCUT2D eigenvalue weighted by Crippen LogP contribution is -2.49. The number of thiophene rings is 2. The highest BCUT2D eigenvalue weighted by Crippen LogP contribution is 2.32. The van der Waals surface area contributed by atoms with Crippen LogP contribution in [-0.2, 0) is 0 Å². The van der Waals surface area contributed by atoms with Crippen molar-refractivity contribution < 1.29 is 9.90 Å². The molecule has 0 aliphatic heterocycles. The van der Waals surface area contributed by atoms with Crippen molar-refractivity contribution in [1.29, 1.82) is 0 Å². The third-order valence-corrected chi connectivity index (χ3v) is 5.70. The van der Waals surface area contributed by atoms with E-state index >= 15 is 0 Å². The van der Waals surface area contributed by atoms with Crippen molar-refractivity contribution in [2.75, 3.05) is 6.61 Å². The number of carbonyl (C=O) groups is 1. The number of carbonyl (C=O) groups excluding carboxylic acids is 1. The third kappa shape index (κ3) is 2.06. The van der Waals surface area contributed by atoms with Gasteiger partial charge in [-0.15, -0.1) is 22.7 Å². The zero-order valence-electron chi connectivity index (χ0n) is 9.94. The van der Waals surface area contributed by atoms with Gasteiger partial charge in [0.05, 0.1) is 17.0 Å². The highest BCUT2D eigenvalue weighted by atomic mass is 32.1. The standard InChI is InChI=1S/C13H15NO2S2/c15-8-13(4-1-2-5-13)14-12(16)11-7-10-9(18-11)3-6-17-10/h3,6-7,15H,1-2,4-5,8H2,(H,14,16). The van der Waals surface area contributed by atoms with Crippen LogP contribution in [0.15, 0.2) is 17.5 Å². The Morgan fingerprint density at radius 3 is 2.83 bits per heavy atom. The summed E-state index contributed by atoms with van der Waals surface area (Å²) in [6.45, 7) is 0.0402.